The van der Waals surface area contributed by atoms with E-state index >= 15 is 0 Å². The predicted molar refractivity (Wildman–Crippen MR) is 78.6 cm³/mol. The van der Waals surface area contributed by atoms with Gasteiger partial charge in [-0.15, -0.1) is 11.3 Å². The van der Waals surface area contributed by atoms with Crippen molar-refractivity contribution in [3.63, 3.8) is 0 Å². The summed E-state index contributed by atoms with van der Waals surface area (Å²) in [7, 11) is -3.87. The van der Waals surface area contributed by atoms with Gasteiger partial charge in [0, 0.05) is 18.1 Å². The molecule has 0 spiro atoms. The first-order valence-corrected chi connectivity index (χ1v) is 8.52. The van der Waals surface area contributed by atoms with Crippen LogP contribution < -0.4 is 4.90 Å². The van der Waals surface area contributed by atoms with E-state index in [4.69, 9.17) is 0 Å². The number of thiazole rings is 1. The Hall–Kier alpha value is -1.61. The van der Waals surface area contributed by atoms with Gasteiger partial charge in [0.25, 0.3) is 9.84 Å². The molecule has 0 aliphatic rings. The number of hydrogen-bond acceptors (Lipinski definition) is 5. The van der Waals surface area contributed by atoms with E-state index in [1.807, 2.05) is 12.3 Å². The highest BCUT2D eigenvalue weighted by molar-refractivity contribution is 7.92. The Balaban J connectivity index is 2.40. The fourth-order valence-electron chi connectivity index (χ4n) is 1.89. The molecule has 0 aliphatic heterocycles. The zero-order valence-corrected chi connectivity index (χ0v) is 13.4. The molecule has 1 aromatic heterocycles. The second kappa shape index (κ2) is 5.88. The molecule has 0 radical (unpaired) electrons. The minimum atomic E-state index is -5.40. The summed E-state index contributed by atoms with van der Waals surface area (Å²) in [5.74, 6) is 0. The lowest BCUT2D eigenvalue weighted by Crippen LogP contribution is -2.26. The lowest BCUT2D eigenvalue weighted by Gasteiger charge is -2.21. The van der Waals surface area contributed by atoms with Crippen LogP contribution in [0, 0.1) is 6.92 Å². The third-order valence-electron chi connectivity index (χ3n) is 2.91. The normalized spacial score (nSPS) is 12.4. The van der Waals surface area contributed by atoms with Gasteiger partial charge in [-0.05, 0) is 19.1 Å². The fraction of sp³-hybridized carbons (Fsp3) is 0.308. The third kappa shape index (κ3) is 3.25. The van der Waals surface area contributed by atoms with Crippen LogP contribution in [0.3, 0.4) is 0 Å². The molecule has 0 saturated carbocycles. The molecule has 1 aromatic carbocycles. The maximum atomic E-state index is 12.8. The Morgan fingerprint density at radius 2 is 1.91 bits per heavy atom. The van der Waals surface area contributed by atoms with Crippen LogP contribution in [0.1, 0.15) is 10.7 Å². The Kier molecular flexibility index (Phi) is 4.48. The van der Waals surface area contributed by atoms with Gasteiger partial charge in [0.2, 0.25) is 0 Å². The van der Waals surface area contributed by atoms with Crippen LogP contribution in [0.25, 0.3) is 0 Å². The highest BCUT2D eigenvalue weighted by Gasteiger charge is 2.48. The van der Waals surface area contributed by atoms with Gasteiger partial charge in [0.05, 0.1) is 17.1 Å². The van der Waals surface area contributed by atoms with Crippen LogP contribution in [-0.2, 0) is 16.4 Å². The number of sulfone groups is 1. The number of halogens is 3. The highest BCUT2D eigenvalue weighted by atomic mass is 32.2. The van der Waals surface area contributed by atoms with Crippen molar-refractivity contribution in [1.82, 2.24) is 4.98 Å². The number of aryl methyl sites for hydroxylation is 1. The summed E-state index contributed by atoms with van der Waals surface area (Å²) in [6, 6.07) is 5.07. The molecule has 0 N–H and O–H groups in total. The summed E-state index contributed by atoms with van der Waals surface area (Å²) in [6.07, 6.45) is 0. The van der Waals surface area contributed by atoms with Gasteiger partial charge < -0.3 is 4.90 Å². The van der Waals surface area contributed by atoms with Gasteiger partial charge >= 0.3 is 5.51 Å². The van der Waals surface area contributed by atoms with E-state index in [-0.39, 0.29) is 12.2 Å². The number of aromatic nitrogens is 1. The van der Waals surface area contributed by atoms with E-state index in [0.29, 0.717) is 5.01 Å². The zero-order valence-electron chi connectivity index (χ0n) is 11.8. The smallest absolute Gasteiger partial charge is 0.367 e. The highest BCUT2D eigenvalue weighted by Crippen LogP contribution is 2.35. The molecule has 0 amide bonds. The van der Waals surface area contributed by atoms with Gasteiger partial charge in [-0.2, -0.15) is 13.2 Å². The van der Waals surface area contributed by atoms with Crippen molar-refractivity contribution in [2.75, 3.05) is 11.9 Å². The minimum absolute atomic E-state index is 0.00678. The average Bonchev–Trinajstić information content (AvgIpc) is 2.82. The number of rotatable bonds is 4. The first-order chi connectivity index (χ1) is 10.1. The summed E-state index contributed by atoms with van der Waals surface area (Å²) in [5.41, 5.74) is -4.53. The van der Waals surface area contributed by atoms with E-state index in [0.717, 1.165) is 11.8 Å². The Labute approximate surface area is 130 Å². The number of hydrogen-bond donors (Lipinski definition) is 0. The van der Waals surface area contributed by atoms with Gasteiger partial charge in [-0.3, -0.25) is 0 Å². The van der Waals surface area contributed by atoms with Crippen LogP contribution in [0.5, 0.6) is 0 Å². The lowest BCUT2D eigenvalue weighted by molar-refractivity contribution is -0.0435. The largest absolute Gasteiger partial charge is 0.501 e. The lowest BCUT2D eigenvalue weighted by atomic mass is 10.3. The van der Waals surface area contributed by atoms with E-state index in [1.54, 1.807) is 0 Å². The third-order valence-corrected chi connectivity index (χ3v) is 5.39. The van der Waals surface area contributed by atoms with Crippen LogP contribution >= 0.6 is 11.3 Å². The molecule has 0 atom stereocenters. The maximum absolute atomic E-state index is 12.8. The fourth-order valence-corrected chi connectivity index (χ4v) is 3.72. The number of anilines is 1. The molecule has 0 unspecified atom stereocenters. The number of benzene rings is 1. The van der Waals surface area contributed by atoms with Crippen molar-refractivity contribution in [2.24, 2.45) is 0 Å². The van der Waals surface area contributed by atoms with Crippen molar-refractivity contribution < 1.29 is 21.6 Å². The van der Waals surface area contributed by atoms with Crippen molar-refractivity contribution >= 4 is 26.9 Å². The van der Waals surface area contributed by atoms with Crippen LogP contribution in [-0.4, -0.2) is 26.0 Å². The van der Waals surface area contributed by atoms with E-state index in [9.17, 15) is 21.6 Å². The summed E-state index contributed by atoms with van der Waals surface area (Å²) < 4.78 is 61.7. The maximum Gasteiger partial charge on any atom is 0.501 e. The Morgan fingerprint density at radius 1 is 1.27 bits per heavy atom. The standard InChI is InChI=1S/C13H13F3N2O2S2/c1-9-8-21-12(17-9)7-18(2)10-5-3-4-6-11(10)22(19,20)13(14,15)16/h3-6,8H,7H2,1-2H3. The molecule has 4 nitrogen and oxygen atoms in total. The van der Waals surface area contributed by atoms with Gasteiger partial charge in [0.1, 0.15) is 5.01 Å². The second-order valence-corrected chi connectivity index (χ2v) is 7.51. The summed E-state index contributed by atoms with van der Waals surface area (Å²) in [6.45, 7) is 2.03. The molecular weight excluding hydrogens is 337 g/mol. The van der Waals surface area contributed by atoms with Crippen LogP contribution in [0.2, 0.25) is 0 Å². The number of nitrogens with zero attached hydrogens (tertiary/aromatic N) is 2. The Morgan fingerprint density at radius 3 is 2.45 bits per heavy atom. The SMILES string of the molecule is Cc1csc(CN(C)c2ccccc2S(=O)(=O)C(F)(F)F)n1. The molecule has 22 heavy (non-hydrogen) atoms. The minimum Gasteiger partial charge on any atom is -0.367 e. The average molecular weight is 350 g/mol. The van der Waals surface area contributed by atoms with E-state index < -0.39 is 20.2 Å². The van der Waals surface area contributed by atoms with Crippen LogP contribution in [0.15, 0.2) is 34.5 Å². The molecule has 0 saturated heterocycles. The number of para-hydroxylation sites is 1. The monoisotopic (exact) mass is 350 g/mol. The zero-order chi connectivity index (χ0) is 16.5. The Bertz CT molecular complexity index is 770. The molecule has 0 aliphatic carbocycles. The first kappa shape index (κ1) is 16.8. The van der Waals surface area contributed by atoms with Crippen molar-refractivity contribution in [1.29, 1.82) is 0 Å². The second-order valence-electron chi connectivity index (χ2n) is 4.66. The molecule has 2 rings (SSSR count). The molecule has 1 heterocycles. The van der Waals surface area contributed by atoms with Crippen molar-refractivity contribution in [3.05, 3.63) is 40.3 Å². The molecule has 0 fully saturated rings. The van der Waals surface area contributed by atoms with E-state index in [2.05, 4.69) is 4.98 Å². The molecule has 2 aromatic rings. The molecular formula is C13H13F3N2O2S2. The van der Waals surface area contributed by atoms with Crippen LogP contribution in [0.4, 0.5) is 18.9 Å². The summed E-state index contributed by atoms with van der Waals surface area (Å²) >= 11 is 1.37. The van der Waals surface area contributed by atoms with Gasteiger partial charge in [-0.1, -0.05) is 12.1 Å². The summed E-state index contributed by atoms with van der Waals surface area (Å²) in [5, 5.41) is 2.51. The topological polar surface area (TPSA) is 50.3 Å². The first-order valence-electron chi connectivity index (χ1n) is 6.15. The van der Waals surface area contributed by atoms with Crippen molar-refractivity contribution in [2.45, 2.75) is 23.9 Å². The quantitative estimate of drug-likeness (QED) is 0.848. The number of alkyl halides is 3. The molecule has 0 bridgehead atoms. The summed E-state index contributed by atoms with van der Waals surface area (Å²) in [4.78, 5) is 4.91. The van der Waals surface area contributed by atoms with Crippen molar-refractivity contribution in [3.8, 4) is 0 Å². The molecule has 9 heteroatoms. The van der Waals surface area contributed by atoms with Gasteiger partial charge in [-0.25, -0.2) is 13.4 Å². The molecule has 120 valence electrons. The van der Waals surface area contributed by atoms with Gasteiger partial charge in [0.15, 0.2) is 0 Å². The predicted octanol–water partition coefficient (Wildman–Crippen LogP) is 3.38. The van der Waals surface area contributed by atoms with E-state index in [1.165, 1.54) is 41.5 Å².